The maximum absolute atomic E-state index is 11.7. The summed E-state index contributed by atoms with van der Waals surface area (Å²) in [6, 6.07) is 1.68. The highest BCUT2D eigenvalue weighted by atomic mass is 16.6. The molecule has 3 heterocycles. The third-order valence-corrected chi connectivity index (χ3v) is 3.60. The minimum absolute atomic E-state index is 0.0397. The zero-order valence-corrected chi connectivity index (χ0v) is 12.4. The summed E-state index contributed by atoms with van der Waals surface area (Å²) in [6.07, 6.45) is 4.65. The maximum Gasteiger partial charge on any atom is 0.658 e. The van der Waals surface area contributed by atoms with Crippen LogP contribution in [0.25, 0.3) is 0 Å². The molecule has 0 N–H and O–H groups in total. The Balaban J connectivity index is 1.73. The van der Waals surface area contributed by atoms with Crippen LogP contribution in [0.15, 0.2) is 12.3 Å². The number of carbonyl (C=O) groups is 2. The predicted molar refractivity (Wildman–Crippen MR) is 76.1 cm³/mol. The molecule has 1 aromatic rings. The van der Waals surface area contributed by atoms with Gasteiger partial charge in [0.05, 0.1) is 13.1 Å². The fraction of sp³-hybridized carbons (Fsp3) is 0.615. The molecule has 2 fully saturated rings. The van der Waals surface area contributed by atoms with Crippen molar-refractivity contribution in [3.63, 3.8) is 0 Å². The van der Waals surface area contributed by atoms with Crippen LogP contribution in [-0.2, 0) is 23.6 Å². The lowest BCUT2D eigenvalue weighted by atomic mass is 9.84. The molecule has 8 nitrogen and oxygen atoms in total. The number of aromatic nitrogens is 2. The minimum Gasteiger partial charge on any atom is -0.493 e. The second-order valence-corrected chi connectivity index (χ2v) is 5.53. The maximum atomic E-state index is 11.7. The van der Waals surface area contributed by atoms with Crippen molar-refractivity contribution in [3.05, 3.63) is 12.3 Å². The van der Waals surface area contributed by atoms with E-state index in [1.165, 1.54) is 4.90 Å². The summed E-state index contributed by atoms with van der Waals surface area (Å²) in [5.74, 6) is -0.910. The van der Waals surface area contributed by atoms with E-state index in [1.54, 1.807) is 24.0 Å². The first-order chi connectivity index (χ1) is 10.6. The molecule has 22 heavy (non-hydrogen) atoms. The number of carbonyl (C=O) groups excluding carboxylic acids is 2. The zero-order chi connectivity index (χ0) is 15.5. The van der Waals surface area contributed by atoms with Crippen LogP contribution in [0.1, 0.15) is 25.5 Å². The average molecular weight is 307 g/mol. The van der Waals surface area contributed by atoms with Gasteiger partial charge in [0.1, 0.15) is 11.8 Å². The van der Waals surface area contributed by atoms with Crippen LogP contribution in [-0.4, -0.2) is 60.5 Å². The minimum atomic E-state index is -1.10. The molecule has 0 radical (unpaired) electrons. The van der Waals surface area contributed by atoms with Crippen LogP contribution in [0.2, 0.25) is 0 Å². The van der Waals surface area contributed by atoms with Crippen molar-refractivity contribution in [2.24, 2.45) is 0 Å². The van der Waals surface area contributed by atoms with Crippen LogP contribution in [0.3, 0.4) is 0 Å². The molecule has 1 unspecified atom stereocenters. The summed E-state index contributed by atoms with van der Waals surface area (Å²) in [5, 5.41) is 4.34. The van der Waals surface area contributed by atoms with Gasteiger partial charge in [-0.3, -0.25) is 14.5 Å². The Kier molecular flexibility index (Phi) is 4.44. The van der Waals surface area contributed by atoms with Gasteiger partial charge in [-0.05, 0) is 32.4 Å². The standard InChI is InChI=1S/C13H18BN3O5/c1-16-8-12(18)21-14(22-13(19)9-16)10-5-6-17(15-10)11-4-2-3-7-20-11/h5-6,11H,2-4,7-9H2,1H3. The van der Waals surface area contributed by atoms with Gasteiger partial charge in [-0.15, -0.1) is 0 Å². The Morgan fingerprint density at radius 3 is 2.59 bits per heavy atom. The van der Waals surface area contributed by atoms with Gasteiger partial charge in [0.25, 0.3) is 0 Å². The highest BCUT2D eigenvalue weighted by Gasteiger charge is 2.36. The fourth-order valence-corrected chi connectivity index (χ4v) is 2.53. The summed E-state index contributed by atoms with van der Waals surface area (Å²) in [6.45, 7) is 0.787. The van der Waals surface area contributed by atoms with E-state index < -0.39 is 19.1 Å². The molecular weight excluding hydrogens is 289 g/mol. The molecule has 9 heteroatoms. The third kappa shape index (κ3) is 3.48. The van der Waals surface area contributed by atoms with E-state index in [0.717, 1.165) is 19.3 Å². The number of hydrogen-bond donors (Lipinski definition) is 0. The number of likely N-dealkylation sites (N-methyl/N-ethyl adjacent to an activating group) is 1. The van der Waals surface area contributed by atoms with E-state index in [4.69, 9.17) is 14.0 Å². The first kappa shape index (κ1) is 15.0. The molecule has 1 aromatic heterocycles. The number of hydrogen-bond acceptors (Lipinski definition) is 7. The van der Waals surface area contributed by atoms with Crippen LogP contribution in [0.5, 0.6) is 0 Å². The summed E-state index contributed by atoms with van der Waals surface area (Å²) in [5.41, 5.74) is 0.389. The van der Waals surface area contributed by atoms with E-state index in [1.807, 2.05) is 0 Å². The normalized spacial score (nSPS) is 24.4. The van der Waals surface area contributed by atoms with Crippen molar-refractivity contribution >= 4 is 24.7 Å². The Morgan fingerprint density at radius 2 is 1.95 bits per heavy atom. The lowest BCUT2D eigenvalue weighted by molar-refractivity contribution is -0.145. The lowest BCUT2D eigenvalue weighted by Crippen LogP contribution is -2.48. The zero-order valence-electron chi connectivity index (χ0n) is 12.4. The van der Waals surface area contributed by atoms with Crippen molar-refractivity contribution in [1.29, 1.82) is 0 Å². The summed E-state index contributed by atoms with van der Waals surface area (Å²) < 4.78 is 17.7. The number of ether oxygens (including phenoxy) is 1. The predicted octanol–water partition coefficient (Wildman–Crippen LogP) is -0.691. The van der Waals surface area contributed by atoms with E-state index in [9.17, 15) is 9.59 Å². The first-order valence-electron chi connectivity index (χ1n) is 7.36. The van der Waals surface area contributed by atoms with Gasteiger partial charge in [0.15, 0.2) is 0 Å². The number of nitrogens with zero attached hydrogens (tertiary/aromatic N) is 3. The first-order valence-corrected chi connectivity index (χ1v) is 7.36. The van der Waals surface area contributed by atoms with Gasteiger partial charge in [-0.2, -0.15) is 5.10 Å². The quantitative estimate of drug-likeness (QED) is 0.669. The molecule has 2 aliphatic heterocycles. The highest BCUT2D eigenvalue weighted by molar-refractivity contribution is 6.63. The van der Waals surface area contributed by atoms with Crippen molar-refractivity contribution < 1.29 is 23.6 Å². The van der Waals surface area contributed by atoms with Crippen molar-refractivity contribution in [1.82, 2.24) is 14.7 Å². The Hall–Kier alpha value is -1.87. The molecule has 118 valence electrons. The summed E-state index contributed by atoms with van der Waals surface area (Å²) in [4.78, 5) is 25.0. The largest absolute Gasteiger partial charge is 0.658 e. The van der Waals surface area contributed by atoms with Crippen molar-refractivity contribution in [2.75, 3.05) is 26.7 Å². The van der Waals surface area contributed by atoms with Crippen molar-refractivity contribution in [3.8, 4) is 0 Å². The third-order valence-electron chi connectivity index (χ3n) is 3.60. The van der Waals surface area contributed by atoms with Crippen LogP contribution >= 0.6 is 0 Å². The molecule has 2 aliphatic rings. The SMILES string of the molecule is CN1CC(=O)OB(c2ccn(C3CCCCO3)n2)OC(=O)C1. The molecular formula is C13H18BN3O5. The lowest BCUT2D eigenvalue weighted by Gasteiger charge is -2.23. The van der Waals surface area contributed by atoms with Crippen LogP contribution in [0, 0.1) is 0 Å². The Bertz CT molecular complexity index is 538. The fourth-order valence-electron chi connectivity index (χ4n) is 2.53. The van der Waals surface area contributed by atoms with Gasteiger partial charge in [-0.1, -0.05) is 0 Å². The van der Waals surface area contributed by atoms with E-state index in [2.05, 4.69) is 5.10 Å². The Morgan fingerprint density at radius 1 is 1.23 bits per heavy atom. The summed E-state index contributed by atoms with van der Waals surface area (Å²) in [7, 11) is 0.552. The highest BCUT2D eigenvalue weighted by Crippen LogP contribution is 2.20. The van der Waals surface area contributed by atoms with Crippen molar-refractivity contribution in [2.45, 2.75) is 25.5 Å². The molecule has 3 rings (SSSR count). The van der Waals surface area contributed by atoms with Gasteiger partial charge in [0.2, 0.25) is 0 Å². The molecule has 2 saturated heterocycles. The van der Waals surface area contributed by atoms with E-state index in [0.29, 0.717) is 12.2 Å². The molecule has 0 aliphatic carbocycles. The second-order valence-electron chi connectivity index (χ2n) is 5.53. The smallest absolute Gasteiger partial charge is 0.493 e. The second kappa shape index (κ2) is 6.49. The Labute approximate surface area is 128 Å². The monoisotopic (exact) mass is 307 g/mol. The number of rotatable bonds is 2. The molecule has 0 spiro atoms. The van der Waals surface area contributed by atoms with Gasteiger partial charge < -0.3 is 14.0 Å². The van der Waals surface area contributed by atoms with Crippen LogP contribution < -0.4 is 5.59 Å². The molecule has 0 bridgehead atoms. The van der Waals surface area contributed by atoms with Gasteiger partial charge in [-0.25, -0.2) is 4.68 Å². The topological polar surface area (TPSA) is 82.9 Å². The summed E-state index contributed by atoms with van der Waals surface area (Å²) >= 11 is 0. The molecule has 0 amide bonds. The van der Waals surface area contributed by atoms with Gasteiger partial charge >= 0.3 is 19.1 Å². The van der Waals surface area contributed by atoms with E-state index >= 15 is 0 Å². The molecule has 0 saturated carbocycles. The average Bonchev–Trinajstić information content (AvgIpc) is 2.95. The molecule has 0 aromatic carbocycles. The van der Waals surface area contributed by atoms with E-state index in [-0.39, 0.29) is 19.3 Å². The van der Waals surface area contributed by atoms with Gasteiger partial charge in [0, 0.05) is 12.8 Å². The molecule has 1 atom stereocenters. The van der Waals surface area contributed by atoms with Crippen LogP contribution in [0.4, 0.5) is 0 Å².